The summed E-state index contributed by atoms with van der Waals surface area (Å²) in [5.41, 5.74) is 10.0. The standard InChI is InChI=1S/C5H13N3O.BrH/c1-4(9)2-3-8-5(6)7;/h4,9H,2-3H2,1H3,(H4,6,7,8);1H/t4-;/m1./s1. The van der Waals surface area contributed by atoms with E-state index in [9.17, 15) is 0 Å². The summed E-state index contributed by atoms with van der Waals surface area (Å²) in [6, 6.07) is 0. The molecule has 0 heterocycles. The number of aliphatic imine (C=N–C) groups is 1. The van der Waals surface area contributed by atoms with Gasteiger partial charge in [0.1, 0.15) is 0 Å². The Morgan fingerprint density at radius 2 is 2.10 bits per heavy atom. The van der Waals surface area contributed by atoms with Crippen LogP contribution in [0.3, 0.4) is 0 Å². The Kier molecular flexibility index (Phi) is 8.46. The Morgan fingerprint density at radius 1 is 1.60 bits per heavy atom. The maximum atomic E-state index is 8.71. The smallest absolute Gasteiger partial charge is 0.185 e. The lowest BCUT2D eigenvalue weighted by Gasteiger charge is -1.98. The average Bonchev–Trinajstić information content (AvgIpc) is 1.63. The molecule has 0 spiro atoms. The maximum absolute atomic E-state index is 8.71. The summed E-state index contributed by atoms with van der Waals surface area (Å²) in [6.07, 6.45) is 0.283. The van der Waals surface area contributed by atoms with E-state index < -0.39 is 0 Å². The van der Waals surface area contributed by atoms with Gasteiger partial charge in [-0.3, -0.25) is 4.99 Å². The van der Waals surface area contributed by atoms with Gasteiger partial charge >= 0.3 is 0 Å². The highest BCUT2D eigenvalue weighted by Crippen LogP contribution is 1.87. The van der Waals surface area contributed by atoms with Crippen molar-refractivity contribution >= 4 is 22.9 Å². The van der Waals surface area contributed by atoms with E-state index in [0.29, 0.717) is 13.0 Å². The van der Waals surface area contributed by atoms with Crippen molar-refractivity contribution in [2.75, 3.05) is 6.54 Å². The van der Waals surface area contributed by atoms with Crippen molar-refractivity contribution in [2.45, 2.75) is 19.4 Å². The Labute approximate surface area is 71.1 Å². The second-order valence-electron chi connectivity index (χ2n) is 1.94. The van der Waals surface area contributed by atoms with E-state index in [1.165, 1.54) is 0 Å². The van der Waals surface area contributed by atoms with Crippen molar-refractivity contribution in [1.82, 2.24) is 0 Å². The van der Waals surface area contributed by atoms with Crippen LogP contribution < -0.4 is 11.5 Å². The van der Waals surface area contributed by atoms with Gasteiger partial charge in [-0.05, 0) is 13.3 Å². The largest absolute Gasteiger partial charge is 0.393 e. The molecule has 0 aromatic rings. The number of aliphatic hydroxyl groups is 1. The zero-order valence-electron chi connectivity index (χ0n) is 5.95. The number of nitrogens with two attached hydrogens (primary N) is 2. The summed E-state index contributed by atoms with van der Waals surface area (Å²) in [5.74, 6) is 0.0793. The number of nitrogens with zero attached hydrogens (tertiary/aromatic N) is 1. The molecule has 0 bridgehead atoms. The van der Waals surface area contributed by atoms with Crippen molar-refractivity contribution in [3.8, 4) is 0 Å². The number of halogens is 1. The first-order chi connectivity index (χ1) is 4.13. The van der Waals surface area contributed by atoms with Crippen LogP contribution in [0.5, 0.6) is 0 Å². The fraction of sp³-hybridized carbons (Fsp3) is 0.800. The molecular formula is C5H14BrN3O. The normalized spacial score (nSPS) is 11.4. The van der Waals surface area contributed by atoms with E-state index in [2.05, 4.69) is 4.99 Å². The highest BCUT2D eigenvalue weighted by atomic mass is 79.9. The molecule has 0 amide bonds. The van der Waals surface area contributed by atoms with E-state index >= 15 is 0 Å². The summed E-state index contributed by atoms with van der Waals surface area (Å²) >= 11 is 0. The highest BCUT2D eigenvalue weighted by molar-refractivity contribution is 8.93. The predicted octanol–water partition coefficient (Wildman–Crippen LogP) is -0.391. The molecule has 0 saturated heterocycles. The van der Waals surface area contributed by atoms with Crippen LogP contribution >= 0.6 is 17.0 Å². The number of rotatable bonds is 3. The van der Waals surface area contributed by atoms with Gasteiger partial charge in [-0.15, -0.1) is 17.0 Å². The van der Waals surface area contributed by atoms with Gasteiger partial charge in [0, 0.05) is 6.54 Å². The molecule has 0 aromatic heterocycles. The van der Waals surface area contributed by atoms with Crippen molar-refractivity contribution in [3.05, 3.63) is 0 Å². The van der Waals surface area contributed by atoms with Crippen LogP contribution in [0, 0.1) is 0 Å². The minimum atomic E-state index is -0.326. The molecule has 5 N–H and O–H groups in total. The molecule has 10 heavy (non-hydrogen) atoms. The number of aliphatic hydroxyl groups excluding tert-OH is 1. The third-order valence-electron chi connectivity index (χ3n) is 0.841. The molecule has 0 saturated carbocycles. The number of hydrogen-bond donors (Lipinski definition) is 3. The van der Waals surface area contributed by atoms with Crippen LogP contribution in [0.25, 0.3) is 0 Å². The first-order valence-corrected chi connectivity index (χ1v) is 2.86. The van der Waals surface area contributed by atoms with Crippen LogP contribution in [0.2, 0.25) is 0 Å². The van der Waals surface area contributed by atoms with Crippen molar-refractivity contribution in [1.29, 1.82) is 0 Å². The molecule has 62 valence electrons. The summed E-state index contributed by atoms with van der Waals surface area (Å²) in [7, 11) is 0. The molecule has 1 atom stereocenters. The molecule has 0 aliphatic rings. The minimum Gasteiger partial charge on any atom is -0.393 e. The molecular weight excluding hydrogens is 198 g/mol. The zero-order valence-corrected chi connectivity index (χ0v) is 7.66. The number of hydrogen-bond acceptors (Lipinski definition) is 2. The summed E-state index contributed by atoms with van der Waals surface area (Å²) in [6.45, 7) is 2.20. The van der Waals surface area contributed by atoms with E-state index in [-0.39, 0.29) is 29.0 Å². The van der Waals surface area contributed by atoms with Crippen molar-refractivity contribution < 1.29 is 5.11 Å². The predicted molar refractivity (Wildman–Crippen MR) is 47.3 cm³/mol. The van der Waals surface area contributed by atoms with Crippen LogP contribution in [-0.2, 0) is 0 Å². The Balaban J connectivity index is 0. The average molecular weight is 212 g/mol. The quantitative estimate of drug-likeness (QED) is 0.440. The molecule has 0 aliphatic carbocycles. The van der Waals surface area contributed by atoms with Crippen LogP contribution in [0.1, 0.15) is 13.3 Å². The van der Waals surface area contributed by atoms with Crippen LogP contribution in [-0.4, -0.2) is 23.7 Å². The third-order valence-corrected chi connectivity index (χ3v) is 0.841. The Hall–Kier alpha value is -0.290. The molecule has 0 rings (SSSR count). The Morgan fingerprint density at radius 3 is 2.40 bits per heavy atom. The van der Waals surface area contributed by atoms with Crippen molar-refractivity contribution in [3.63, 3.8) is 0 Å². The lowest BCUT2D eigenvalue weighted by molar-refractivity contribution is 0.187. The van der Waals surface area contributed by atoms with Gasteiger partial charge in [0.2, 0.25) is 0 Å². The first kappa shape index (κ1) is 12.4. The number of guanidine groups is 1. The van der Waals surface area contributed by atoms with Gasteiger partial charge in [0.25, 0.3) is 0 Å². The SMILES string of the molecule is Br.C[C@@H](O)CCN=C(N)N. The summed E-state index contributed by atoms with van der Waals surface area (Å²) in [5, 5.41) is 8.71. The van der Waals surface area contributed by atoms with Crippen molar-refractivity contribution in [2.24, 2.45) is 16.5 Å². The van der Waals surface area contributed by atoms with E-state index in [1.807, 2.05) is 0 Å². The van der Waals surface area contributed by atoms with Gasteiger partial charge < -0.3 is 16.6 Å². The minimum absolute atomic E-state index is 0. The van der Waals surface area contributed by atoms with Gasteiger partial charge in [0.05, 0.1) is 6.10 Å². The fourth-order valence-corrected chi connectivity index (χ4v) is 0.380. The molecule has 0 unspecified atom stereocenters. The fourth-order valence-electron chi connectivity index (χ4n) is 0.380. The summed E-state index contributed by atoms with van der Waals surface area (Å²) in [4.78, 5) is 3.68. The van der Waals surface area contributed by atoms with E-state index in [4.69, 9.17) is 16.6 Å². The van der Waals surface area contributed by atoms with E-state index in [1.54, 1.807) is 6.92 Å². The lowest BCUT2D eigenvalue weighted by Crippen LogP contribution is -2.23. The first-order valence-electron chi connectivity index (χ1n) is 2.86. The maximum Gasteiger partial charge on any atom is 0.185 e. The van der Waals surface area contributed by atoms with Gasteiger partial charge in [-0.25, -0.2) is 0 Å². The molecule has 0 aromatic carbocycles. The second-order valence-corrected chi connectivity index (χ2v) is 1.94. The molecule has 0 fully saturated rings. The monoisotopic (exact) mass is 211 g/mol. The molecule has 0 aliphatic heterocycles. The van der Waals surface area contributed by atoms with Gasteiger partial charge in [0.15, 0.2) is 5.96 Å². The highest BCUT2D eigenvalue weighted by Gasteiger charge is 1.91. The summed E-state index contributed by atoms with van der Waals surface area (Å²) < 4.78 is 0. The van der Waals surface area contributed by atoms with Gasteiger partial charge in [-0.2, -0.15) is 0 Å². The lowest BCUT2D eigenvalue weighted by atomic mass is 10.3. The van der Waals surface area contributed by atoms with Crippen LogP contribution in [0.4, 0.5) is 0 Å². The second kappa shape index (κ2) is 6.82. The van der Waals surface area contributed by atoms with Crippen LogP contribution in [0.15, 0.2) is 4.99 Å². The molecule has 5 heteroatoms. The molecule has 4 nitrogen and oxygen atoms in total. The Bertz CT molecular complexity index is 101. The third kappa shape index (κ3) is 10.6. The topological polar surface area (TPSA) is 84.6 Å². The van der Waals surface area contributed by atoms with Gasteiger partial charge in [-0.1, -0.05) is 0 Å². The van der Waals surface area contributed by atoms with E-state index in [0.717, 1.165) is 0 Å². The zero-order chi connectivity index (χ0) is 7.28. The molecule has 0 radical (unpaired) electrons.